The number of hydrogen-bond donors (Lipinski definition) is 2. The van der Waals surface area contributed by atoms with Crippen LogP contribution in [0.1, 0.15) is 16.8 Å². The highest BCUT2D eigenvalue weighted by Crippen LogP contribution is 2.54. The largest absolute Gasteiger partial charge is 0.404 e. The van der Waals surface area contributed by atoms with E-state index in [1.807, 2.05) is 0 Å². The molecule has 9 heteroatoms. The predicted octanol–water partition coefficient (Wildman–Crippen LogP) is 5.33. The smallest absolute Gasteiger partial charge is 0.349 e. The van der Waals surface area contributed by atoms with E-state index in [9.17, 15) is 18.0 Å². The van der Waals surface area contributed by atoms with Gasteiger partial charge < -0.3 is 10.3 Å². The van der Waals surface area contributed by atoms with Crippen LogP contribution in [0.2, 0.25) is 5.02 Å². The molecule has 144 valence electrons. The molecule has 2 heterocycles. The van der Waals surface area contributed by atoms with Crippen LogP contribution in [0.4, 0.5) is 24.5 Å². The van der Waals surface area contributed by atoms with Crippen LogP contribution in [0.5, 0.6) is 0 Å². The Bertz CT molecular complexity index is 1110. The normalized spacial score (nSPS) is 18.2. The van der Waals surface area contributed by atoms with Gasteiger partial charge in [-0.3, -0.25) is 4.79 Å². The number of halogens is 5. The van der Waals surface area contributed by atoms with Crippen molar-refractivity contribution in [3.8, 4) is 0 Å². The Morgan fingerprint density at radius 2 is 1.86 bits per heavy atom. The van der Waals surface area contributed by atoms with Crippen molar-refractivity contribution >= 4 is 38.9 Å². The molecule has 1 aliphatic heterocycles. The number of hydrogen-bond acceptors (Lipinski definition) is 3. The molecule has 1 unspecified atom stereocenters. The summed E-state index contributed by atoms with van der Waals surface area (Å²) in [5.74, 6) is 0. The third-order valence-electron chi connectivity index (χ3n) is 4.82. The molecule has 2 N–H and O–H groups in total. The molecular weight excluding hydrogens is 459 g/mol. The van der Waals surface area contributed by atoms with Gasteiger partial charge >= 0.3 is 6.18 Å². The van der Waals surface area contributed by atoms with Crippen molar-refractivity contribution in [3.63, 3.8) is 0 Å². The van der Waals surface area contributed by atoms with Crippen LogP contribution in [-0.4, -0.2) is 16.1 Å². The molecule has 0 saturated carbocycles. The zero-order chi connectivity index (χ0) is 20.1. The van der Waals surface area contributed by atoms with Crippen molar-refractivity contribution in [3.05, 3.63) is 85.5 Å². The topological polar surface area (TPSA) is 57.8 Å². The van der Waals surface area contributed by atoms with Crippen molar-refractivity contribution in [2.45, 2.75) is 18.0 Å². The molecule has 1 aromatic heterocycles. The van der Waals surface area contributed by atoms with Gasteiger partial charge in [-0.1, -0.05) is 39.7 Å². The van der Waals surface area contributed by atoms with Gasteiger partial charge in [0, 0.05) is 15.2 Å². The molecule has 2 aromatic carbocycles. The number of benzene rings is 2. The van der Waals surface area contributed by atoms with E-state index in [4.69, 9.17) is 11.6 Å². The Morgan fingerprint density at radius 1 is 1.14 bits per heavy atom. The molecule has 1 atom stereocenters. The first kappa shape index (κ1) is 19.0. The van der Waals surface area contributed by atoms with Crippen LogP contribution in [-0.2, 0) is 11.8 Å². The fraction of sp³-hybridized carbons (Fsp3) is 0.158. The standard InChI is InChI=1S/C19H12BrClF3N3O/c20-11-3-1-10(2-4-11)8-18(19(22,23)24)13-7-12(21)5-6-14(13)27-15-16(18)25-9-26-17(15)28/h1-7,9,27H,8H2,(H,25,26,28). The first-order valence-corrected chi connectivity index (χ1v) is 9.36. The maximum absolute atomic E-state index is 14.7. The minimum atomic E-state index is -4.74. The number of rotatable bonds is 2. The van der Waals surface area contributed by atoms with Crippen molar-refractivity contribution in [2.24, 2.45) is 0 Å². The quantitative estimate of drug-likeness (QED) is 0.532. The van der Waals surface area contributed by atoms with Gasteiger partial charge in [-0.15, -0.1) is 0 Å². The summed E-state index contributed by atoms with van der Waals surface area (Å²) in [7, 11) is 0. The Kier molecular flexibility index (Phi) is 4.50. The number of aromatic amines is 1. The van der Waals surface area contributed by atoms with Gasteiger partial charge in [-0.05, 0) is 47.9 Å². The number of H-pyrrole nitrogens is 1. The maximum Gasteiger partial charge on any atom is 0.404 e. The van der Waals surface area contributed by atoms with Gasteiger partial charge in [-0.25, -0.2) is 4.98 Å². The highest BCUT2D eigenvalue weighted by Gasteiger charge is 2.61. The Hall–Kier alpha value is -2.32. The number of aromatic nitrogens is 2. The van der Waals surface area contributed by atoms with E-state index in [-0.39, 0.29) is 27.7 Å². The molecule has 28 heavy (non-hydrogen) atoms. The zero-order valence-electron chi connectivity index (χ0n) is 14.1. The Balaban J connectivity index is 2.07. The van der Waals surface area contributed by atoms with E-state index in [2.05, 4.69) is 31.2 Å². The predicted molar refractivity (Wildman–Crippen MR) is 104 cm³/mol. The molecule has 0 saturated heterocycles. The van der Waals surface area contributed by atoms with Crippen molar-refractivity contribution in [1.29, 1.82) is 0 Å². The molecule has 0 aliphatic carbocycles. The van der Waals surface area contributed by atoms with E-state index in [1.54, 1.807) is 24.3 Å². The Labute approximate surface area is 170 Å². The third kappa shape index (κ3) is 2.91. The minimum Gasteiger partial charge on any atom is -0.349 e. The number of fused-ring (bicyclic) bond motifs is 2. The molecule has 3 aromatic rings. The number of nitrogens with one attached hydrogen (secondary N) is 2. The summed E-state index contributed by atoms with van der Waals surface area (Å²) in [5, 5.41) is 2.95. The lowest BCUT2D eigenvalue weighted by atomic mass is 9.69. The highest BCUT2D eigenvalue weighted by molar-refractivity contribution is 9.10. The van der Waals surface area contributed by atoms with Crippen LogP contribution in [0, 0.1) is 0 Å². The minimum absolute atomic E-state index is 0.0685. The number of alkyl halides is 3. The van der Waals surface area contributed by atoms with E-state index in [1.165, 1.54) is 18.2 Å². The first-order chi connectivity index (χ1) is 13.2. The van der Waals surface area contributed by atoms with Crippen LogP contribution in [0.3, 0.4) is 0 Å². The van der Waals surface area contributed by atoms with Gasteiger partial charge in [0.1, 0.15) is 11.1 Å². The molecule has 0 spiro atoms. The molecular formula is C19H12BrClF3N3O. The Morgan fingerprint density at radius 3 is 2.54 bits per heavy atom. The van der Waals surface area contributed by atoms with Gasteiger partial charge in [0.05, 0.1) is 12.0 Å². The summed E-state index contributed by atoms with van der Waals surface area (Å²) in [4.78, 5) is 18.6. The zero-order valence-corrected chi connectivity index (χ0v) is 16.4. The molecule has 4 nitrogen and oxygen atoms in total. The summed E-state index contributed by atoms with van der Waals surface area (Å²) >= 11 is 9.33. The number of anilines is 2. The molecule has 0 amide bonds. The van der Waals surface area contributed by atoms with E-state index in [0.29, 0.717) is 5.56 Å². The third-order valence-corrected chi connectivity index (χ3v) is 5.59. The average Bonchev–Trinajstić information content (AvgIpc) is 2.63. The van der Waals surface area contributed by atoms with E-state index < -0.39 is 23.6 Å². The molecule has 0 fully saturated rings. The summed E-state index contributed by atoms with van der Waals surface area (Å²) in [6, 6.07) is 10.8. The summed E-state index contributed by atoms with van der Waals surface area (Å²) < 4.78 is 45.0. The van der Waals surface area contributed by atoms with Gasteiger partial charge in [0.15, 0.2) is 0 Å². The molecule has 0 bridgehead atoms. The van der Waals surface area contributed by atoms with Gasteiger partial charge in [-0.2, -0.15) is 13.2 Å². The highest BCUT2D eigenvalue weighted by atomic mass is 79.9. The average molecular weight is 471 g/mol. The summed E-state index contributed by atoms with van der Waals surface area (Å²) in [5.41, 5.74) is -3.24. The van der Waals surface area contributed by atoms with Crippen LogP contribution >= 0.6 is 27.5 Å². The van der Waals surface area contributed by atoms with Crippen molar-refractivity contribution in [2.75, 3.05) is 5.32 Å². The second kappa shape index (κ2) is 6.63. The fourth-order valence-electron chi connectivity index (χ4n) is 3.55. The molecule has 1 aliphatic rings. The number of nitrogens with zero attached hydrogens (tertiary/aromatic N) is 1. The van der Waals surface area contributed by atoms with E-state index in [0.717, 1.165) is 10.8 Å². The summed E-state index contributed by atoms with van der Waals surface area (Å²) in [6.07, 6.45) is -4.18. The van der Waals surface area contributed by atoms with Crippen molar-refractivity contribution in [1.82, 2.24) is 9.97 Å². The first-order valence-electron chi connectivity index (χ1n) is 8.19. The maximum atomic E-state index is 14.7. The SMILES string of the molecule is O=c1[nH]cnc2c1Nc1ccc(Cl)cc1C2(Cc1ccc(Br)cc1)C(F)(F)F. The summed E-state index contributed by atoms with van der Waals surface area (Å²) in [6.45, 7) is 0. The van der Waals surface area contributed by atoms with Crippen molar-refractivity contribution < 1.29 is 13.2 Å². The van der Waals surface area contributed by atoms with E-state index >= 15 is 0 Å². The monoisotopic (exact) mass is 469 g/mol. The molecule has 4 rings (SSSR count). The second-order valence-electron chi connectivity index (χ2n) is 6.48. The lowest BCUT2D eigenvalue weighted by molar-refractivity contribution is -0.179. The van der Waals surface area contributed by atoms with Gasteiger partial charge in [0.25, 0.3) is 5.56 Å². The van der Waals surface area contributed by atoms with Crippen LogP contribution in [0.25, 0.3) is 0 Å². The lowest BCUT2D eigenvalue weighted by Crippen LogP contribution is -2.49. The van der Waals surface area contributed by atoms with Crippen LogP contribution < -0.4 is 10.9 Å². The fourth-order valence-corrected chi connectivity index (χ4v) is 3.99. The van der Waals surface area contributed by atoms with Crippen LogP contribution in [0.15, 0.2) is 58.1 Å². The second-order valence-corrected chi connectivity index (χ2v) is 7.83. The molecule has 0 radical (unpaired) electrons. The van der Waals surface area contributed by atoms with Gasteiger partial charge in [0.2, 0.25) is 0 Å². The lowest BCUT2D eigenvalue weighted by Gasteiger charge is -2.41.